The lowest BCUT2D eigenvalue weighted by Gasteiger charge is -2.46. The van der Waals surface area contributed by atoms with Crippen LogP contribution in [0.4, 0.5) is 4.79 Å². The molecule has 1 aromatic carbocycles. The highest BCUT2D eigenvalue weighted by atomic mass is 16.6. The summed E-state index contributed by atoms with van der Waals surface area (Å²) in [5, 5.41) is 23.2. The normalized spacial score (nSPS) is 27.0. The van der Waals surface area contributed by atoms with Crippen LogP contribution in [-0.4, -0.2) is 58.4 Å². The summed E-state index contributed by atoms with van der Waals surface area (Å²) >= 11 is 0. The van der Waals surface area contributed by atoms with Gasteiger partial charge in [-0.05, 0) is 100 Å². The van der Waals surface area contributed by atoms with Gasteiger partial charge in [0.15, 0.2) is 5.76 Å². The van der Waals surface area contributed by atoms with Crippen molar-refractivity contribution in [2.75, 3.05) is 19.7 Å². The molecule has 1 amide bonds. The van der Waals surface area contributed by atoms with Gasteiger partial charge in [-0.1, -0.05) is 37.6 Å². The first-order valence-electron chi connectivity index (χ1n) is 14.8. The minimum Gasteiger partial charge on any atom is -0.461 e. The Morgan fingerprint density at radius 1 is 1.18 bits per heavy atom. The van der Waals surface area contributed by atoms with Crippen LogP contribution >= 0.6 is 0 Å². The molecule has 7 heteroatoms. The standard InChI is InChI=1S/C33H45NO6/c1-5-18-34(31(37)39-6-2)22-33(38)17-15-28-26-14-12-24(21-27(26)30(36)29-10-8-19-40-29)20-25(35)13-11-23(3)9-7-16-32(28,33)4/h8-10,12,14,19,21,25,28,35,38H,5-7,11,13,15-18,20,22H2,1-4H3. The van der Waals surface area contributed by atoms with Crippen LogP contribution in [0.5, 0.6) is 0 Å². The predicted molar refractivity (Wildman–Crippen MR) is 154 cm³/mol. The van der Waals surface area contributed by atoms with Gasteiger partial charge >= 0.3 is 6.09 Å². The zero-order valence-electron chi connectivity index (χ0n) is 24.4. The molecular formula is C33H45NO6. The number of ether oxygens (including phenoxy) is 1. The average molecular weight is 552 g/mol. The summed E-state index contributed by atoms with van der Waals surface area (Å²) in [5.41, 5.74) is 1.77. The molecule has 1 heterocycles. The van der Waals surface area contributed by atoms with E-state index in [9.17, 15) is 19.8 Å². The third kappa shape index (κ3) is 6.21. The predicted octanol–water partition coefficient (Wildman–Crippen LogP) is 6.42. The van der Waals surface area contributed by atoms with E-state index in [0.717, 1.165) is 30.4 Å². The van der Waals surface area contributed by atoms with Gasteiger partial charge < -0.3 is 24.3 Å². The fourth-order valence-electron chi connectivity index (χ4n) is 6.77. The number of aliphatic hydroxyl groups excluding tert-OH is 1. The number of amides is 1. The van der Waals surface area contributed by atoms with E-state index in [1.54, 1.807) is 24.0 Å². The molecule has 1 fully saturated rings. The van der Waals surface area contributed by atoms with Crippen LogP contribution in [0, 0.1) is 5.41 Å². The van der Waals surface area contributed by atoms with Gasteiger partial charge in [0.2, 0.25) is 5.78 Å². The summed E-state index contributed by atoms with van der Waals surface area (Å²) in [4.78, 5) is 28.3. The van der Waals surface area contributed by atoms with E-state index in [1.807, 2.05) is 25.1 Å². The molecular weight excluding hydrogens is 506 g/mol. The Hall–Kier alpha value is -2.90. The summed E-state index contributed by atoms with van der Waals surface area (Å²) in [7, 11) is 0. The number of fused-ring (bicyclic) bond motifs is 8. The molecule has 7 nitrogen and oxygen atoms in total. The fraction of sp³-hybridized carbons (Fsp3) is 0.576. The molecule has 2 aromatic rings. The summed E-state index contributed by atoms with van der Waals surface area (Å²) in [6.45, 7) is 8.97. The van der Waals surface area contributed by atoms with Crippen LogP contribution in [0.2, 0.25) is 0 Å². The third-order valence-corrected chi connectivity index (χ3v) is 9.13. The molecule has 0 aliphatic heterocycles. The minimum atomic E-state index is -1.17. The number of hydrogen-bond acceptors (Lipinski definition) is 6. The van der Waals surface area contributed by atoms with Gasteiger partial charge in [-0.2, -0.15) is 0 Å². The molecule has 2 bridgehead atoms. The largest absolute Gasteiger partial charge is 0.461 e. The number of rotatable bonds is 7. The molecule has 40 heavy (non-hydrogen) atoms. The lowest BCUT2D eigenvalue weighted by Crippen LogP contribution is -2.54. The molecule has 3 aliphatic carbocycles. The van der Waals surface area contributed by atoms with Gasteiger partial charge in [0.1, 0.15) is 0 Å². The quantitative estimate of drug-likeness (QED) is 0.304. The maximum Gasteiger partial charge on any atom is 0.409 e. The second kappa shape index (κ2) is 12.7. The zero-order valence-corrected chi connectivity index (χ0v) is 24.4. The second-order valence-electron chi connectivity index (χ2n) is 11.9. The van der Waals surface area contributed by atoms with Crippen molar-refractivity contribution in [2.45, 2.75) is 96.7 Å². The van der Waals surface area contributed by atoms with Crippen LogP contribution in [0.1, 0.15) is 106 Å². The number of carbonyl (C=O) groups is 2. The van der Waals surface area contributed by atoms with Crippen LogP contribution in [-0.2, 0) is 11.2 Å². The van der Waals surface area contributed by atoms with Crippen molar-refractivity contribution in [1.82, 2.24) is 4.90 Å². The van der Waals surface area contributed by atoms with Gasteiger partial charge in [-0.25, -0.2) is 4.79 Å². The fourth-order valence-corrected chi connectivity index (χ4v) is 6.77. The first-order chi connectivity index (χ1) is 19.1. The Morgan fingerprint density at radius 3 is 2.67 bits per heavy atom. The van der Waals surface area contributed by atoms with E-state index in [1.165, 1.54) is 11.8 Å². The molecule has 3 aliphatic rings. The maximum atomic E-state index is 13.8. The lowest BCUT2D eigenvalue weighted by atomic mass is 9.64. The highest BCUT2D eigenvalue weighted by molar-refractivity contribution is 6.08. The van der Waals surface area contributed by atoms with Crippen LogP contribution in [0.15, 0.2) is 52.7 Å². The van der Waals surface area contributed by atoms with Gasteiger partial charge in [-0.15, -0.1) is 0 Å². The van der Waals surface area contributed by atoms with Gasteiger partial charge in [0, 0.05) is 17.5 Å². The Balaban J connectivity index is 1.81. The van der Waals surface area contributed by atoms with Crippen molar-refractivity contribution in [3.05, 3.63) is 70.7 Å². The number of ketones is 1. The SMILES string of the molecule is CCCN(CC1(O)CCC2c3ccc(cc3C(=O)c3ccco3)CC(O)CCC(C)=CCCC21C)C(=O)OCC. The molecule has 1 saturated carbocycles. The second-order valence-corrected chi connectivity index (χ2v) is 11.9. The monoisotopic (exact) mass is 551 g/mol. The molecule has 2 N–H and O–H groups in total. The Morgan fingerprint density at radius 2 is 1.98 bits per heavy atom. The molecule has 0 spiro atoms. The number of carbonyl (C=O) groups excluding carboxylic acids is 2. The number of furan rings is 1. The Labute approximate surface area is 238 Å². The van der Waals surface area contributed by atoms with Gasteiger partial charge in [0.25, 0.3) is 0 Å². The van der Waals surface area contributed by atoms with E-state index >= 15 is 0 Å². The van der Waals surface area contributed by atoms with E-state index in [4.69, 9.17) is 9.15 Å². The Kier molecular flexibility index (Phi) is 9.57. The lowest BCUT2D eigenvalue weighted by molar-refractivity contribution is -0.0809. The summed E-state index contributed by atoms with van der Waals surface area (Å²) < 4.78 is 10.8. The first kappa shape index (κ1) is 30.1. The molecule has 1 aromatic heterocycles. The molecule has 218 valence electrons. The van der Waals surface area contributed by atoms with Crippen molar-refractivity contribution in [1.29, 1.82) is 0 Å². The minimum absolute atomic E-state index is 0.118. The summed E-state index contributed by atoms with van der Waals surface area (Å²) in [6.07, 6.45) is 8.07. The van der Waals surface area contributed by atoms with Gasteiger partial charge in [-0.3, -0.25) is 4.79 Å². The Bertz CT molecular complexity index is 1200. The van der Waals surface area contributed by atoms with Crippen molar-refractivity contribution in [3.63, 3.8) is 0 Å². The van der Waals surface area contributed by atoms with Crippen molar-refractivity contribution < 1.29 is 29.0 Å². The summed E-state index contributed by atoms with van der Waals surface area (Å²) in [6, 6.07) is 9.29. The average Bonchev–Trinajstić information content (AvgIpc) is 3.54. The van der Waals surface area contributed by atoms with Crippen molar-refractivity contribution in [3.8, 4) is 0 Å². The highest BCUT2D eigenvalue weighted by Gasteiger charge is 2.57. The number of nitrogens with zero attached hydrogens (tertiary/aromatic N) is 1. The van der Waals surface area contributed by atoms with Crippen LogP contribution in [0.25, 0.3) is 0 Å². The third-order valence-electron chi connectivity index (χ3n) is 9.13. The molecule has 5 rings (SSSR count). The first-order valence-corrected chi connectivity index (χ1v) is 14.8. The molecule has 4 unspecified atom stereocenters. The molecule has 0 radical (unpaired) electrons. The molecule has 4 atom stereocenters. The van der Waals surface area contributed by atoms with Crippen LogP contribution in [0.3, 0.4) is 0 Å². The number of allylic oxidation sites excluding steroid dienone is 2. The van der Waals surface area contributed by atoms with E-state index in [2.05, 4.69) is 19.9 Å². The summed E-state index contributed by atoms with van der Waals surface area (Å²) in [5.74, 6) is -0.0474. The number of hydrogen-bond donors (Lipinski definition) is 2. The van der Waals surface area contributed by atoms with Crippen LogP contribution < -0.4 is 0 Å². The smallest absolute Gasteiger partial charge is 0.409 e. The number of aliphatic hydroxyl groups is 2. The molecule has 0 saturated heterocycles. The highest BCUT2D eigenvalue weighted by Crippen LogP contribution is 2.58. The van der Waals surface area contributed by atoms with E-state index in [0.29, 0.717) is 44.2 Å². The topological polar surface area (TPSA) is 100 Å². The van der Waals surface area contributed by atoms with Crippen molar-refractivity contribution >= 4 is 11.9 Å². The van der Waals surface area contributed by atoms with Gasteiger partial charge in [0.05, 0.1) is 31.1 Å². The van der Waals surface area contributed by atoms with Crippen molar-refractivity contribution in [2.24, 2.45) is 5.41 Å². The van der Waals surface area contributed by atoms with E-state index in [-0.39, 0.29) is 30.6 Å². The zero-order chi connectivity index (χ0) is 28.9. The maximum absolute atomic E-state index is 13.8. The van der Waals surface area contributed by atoms with E-state index < -0.39 is 23.2 Å². The number of benzene rings is 1.